The first-order chi connectivity index (χ1) is 9.99. The van der Waals surface area contributed by atoms with Crippen LogP contribution in [0, 0.1) is 5.41 Å². The van der Waals surface area contributed by atoms with E-state index in [-0.39, 0.29) is 34.3 Å². The number of benzene rings is 1. The molecular weight excluding hydrogens is 272 g/mol. The molecule has 1 aromatic carbocycles. The monoisotopic (exact) mass is 290 g/mol. The van der Waals surface area contributed by atoms with Gasteiger partial charge < -0.3 is 20.4 Å². The van der Waals surface area contributed by atoms with Gasteiger partial charge in [-0.3, -0.25) is 9.59 Å². The molecule has 112 valence electrons. The van der Waals surface area contributed by atoms with Crippen LogP contribution in [0.25, 0.3) is 0 Å². The summed E-state index contributed by atoms with van der Waals surface area (Å²) in [5, 5.41) is 21.9. The van der Waals surface area contributed by atoms with E-state index in [0.717, 1.165) is 18.9 Å². The Balaban J connectivity index is 1.69. The zero-order valence-electron chi connectivity index (χ0n) is 11.6. The Labute approximate surface area is 122 Å². The van der Waals surface area contributed by atoms with Gasteiger partial charge in [0.1, 0.15) is 11.5 Å². The smallest absolute Gasteiger partial charge is 0.257 e. The molecule has 6 heteroatoms. The second-order valence-electron chi connectivity index (χ2n) is 5.95. The zero-order valence-corrected chi connectivity index (χ0v) is 11.6. The molecule has 0 saturated carbocycles. The van der Waals surface area contributed by atoms with Gasteiger partial charge >= 0.3 is 0 Å². The van der Waals surface area contributed by atoms with E-state index < -0.39 is 0 Å². The van der Waals surface area contributed by atoms with Crippen molar-refractivity contribution in [2.75, 3.05) is 19.6 Å². The molecule has 21 heavy (non-hydrogen) atoms. The number of nitrogens with one attached hydrogen (secondary N) is 1. The maximum Gasteiger partial charge on any atom is 0.257 e. The average molecular weight is 290 g/mol. The minimum absolute atomic E-state index is 0.00906. The van der Waals surface area contributed by atoms with E-state index in [0.29, 0.717) is 26.1 Å². The Morgan fingerprint density at radius 3 is 2.52 bits per heavy atom. The molecule has 2 heterocycles. The van der Waals surface area contributed by atoms with E-state index in [1.807, 2.05) is 0 Å². The third-order valence-corrected chi connectivity index (χ3v) is 4.52. The molecule has 2 fully saturated rings. The number of aromatic hydroxyl groups is 2. The molecule has 2 aliphatic rings. The second-order valence-corrected chi connectivity index (χ2v) is 5.95. The fourth-order valence-corrected chi connectivity index (χ4v) is 3.16. The van der Waals surface area contributed by atoms with Crippen LogP contribution in [-0.4, -0.2) is 46.6 Å². The maximum absolute atomic E-state index is 12.4. The first-order valence-corrected chi connectivity index (χ1v) is 7.07. The molecule has 6 nitrogen and oxygen atoms in total. The van der Waals surface area contributed by atoms with Crippen molar-refractivity contribution in [3.05, 3.63) is 23.8 Å². The van der Waals surface area contributed by atoms with Crippen molar-refractivity contribution in [2.24, 2.45) is 5.41 Å². The topological polar surface area (TPSA) is 89.9 Å². The van der Waals surface area contributed by atoms with Crippen molar-refractivity contribution < 1.29 is 19.8 Å². The fourth-order valence-electron chi connectivity index (χ4n) is 3.16. The minimum Gasteiger partial charge on any atom is -0.508 e. The summed E-state index contributed by atoms with van der Waals surface area (Å²) in [6, 6.07) is 3.98. The average Bonchev–Trinajstić information content (AvgIpc) is 2.80. The predicted octanol–water partition coefficient (Wildman–Crippen LogP) is 0.840. The van der Waals surface area contributed by atoms with Crippen LogP contribution in [0.2, 0.25) is 0 Å². The van der Waals surface area contributed by atoms with Crippen molar-refractivity contribution in [2.45, 2.75) is 19.3 Å². The van der Waals surface area contributed by atoms with Crippen molar-refractivity contribution in [1.29, 1.82) is 0 Å². The fraction of sp³-hybridized carbons (Fsp3) is 0.467. The van der Waals surface area contributed by atoms with Gasteiger partial charge in [-0.05, 0) is 30.4 Å². The van der Waals surface area contributed by atoms with E-state index in [4.69, 9.17) is 0 Å². The number of amides is 2. The van der Waals surface area contributed by atoms with Gasteiger partial charge in [-0.1, -0.05) is 0 Å². The van der Waals surface area contributed by atoms with Crippen LogP contribution in [0.3, 0.4) is 0 Å². The number of phenolic OH excluding ortho intramolecular Hbond substituents is 2. The molecule has 0 aromatic heterocycles. The highest BCUT2D eigenvalue weighted by Gasteiger charge is 2.41. The molecule has 0 atom stereocenters. The number of carbonyl (C=O) groups excluding carboxylic acids is 2. The van der Waals surface area contributed by atoms with Crippen molar-refractivity contribution in [1.82, 2.24) is 10.2 Å². The number of nitrogens with zero attached hydrogens (tertiary/aromatic N) is 1. The lowest BCUT2D eigenvalue weighted by Gasteiger charge is -2.38. The molecule has 2 saturated heterocycles. The number of likely N-dealkylation sites (tertiary alicyclic amines) is 1. The summed E-state index contributed by atoms with van der Waals surface area (Å²) in [4.78, 5) is 25.5. The van der Waals surface area contributed by atoms with Gasteiger partial charge in [0.25, 0.3) is 5.91 Å². The van der Waals surface area contributed by atoms with Gasteiger partial charge in [0.15, 0.2) is 0 Å². The van der Waals surface area contributed by atoms with Crippen molar-refractivity contribution in [3.8, 4) is 11.5 Å². The largest absolute Gasteiger partial charge is 0.508 e. The third kappa shape index (κ3) is 2.53. The Kier molecular flexibility index (Phi) is 3.23. The summed E-state index contributed by atoms with van der Waals surface area (Å²) in [5.74, 6) is -0.430. The van der Waals surface area contributed by atoms with Gasteiger partial charge in [-0.15, -0.1) is 0 Å². The van der Waals surface area contributed by atoms with Gasteiger partial charge in [0, 0.05) is 32.1 Å². The summed E-state index contributed by atoms with van der Waals surface area (Å²) in [7, 11) is 0. The first kappa shape index (κ1) is 13.7. The van der Waals surface area contributed by atoms with Gasteiger partial charge in [0.2, 0.25) is 5.91 Å². The lowest BCUT2D eigenvalue weighted by atomic mass is 9.77. The molecule has 3 rings (SSSR count). The molecule has 0 unspecified atom stereocenters. The highest BCUT2D eigenvalue weighted by Crippen LogP contribution is 2.38. The van der Waals surface area contributed by atoms with E-state index in [1.54, 1.807) is 4.90 Å². The van der Waals surface area contributed by atoms with Crippen LogP contribution in [0.5, 0.6) is 11.5 Å². The van der Waals surface area contributed by atoms with Crippen molar-refractivity contribution in [3.63, 3.8) is 0 Å². The first-order valence-electron chi connectivity index (χ1n) is 7.07. The van der Waals surface area contributed by atoms with Crippen LogP contribution in [0.15, 0.2) is 18.2 Å². The summed E-state index contributed by atoms with van der Waals surface area (Å²) in [6.45, 7) is 1.85. The Hall–Kier alpha value is -2.24. The van der Waals surface area contributed by atoms with Gasteiger partial charge in [0.05, 0.1) is 5.56 Å². The molecule has 2 amide bonds. The second kappa shape index (κ2) is 4.95. The SMILES string of the molecule is O=C1CC2(CCN(C(=O)c3ccc(O)cc3O)CC2)CN1. The molecule has 2 aliphatic heterocycles. The zero-order chi connectivity index (χ0) is 15.0. The Morgan fingerprint density at radius 2 is 1.95 bits per heavy atom. The van der Waals surface area contributed by atoms with E-state index in [9.17, 15) is 19.8 Å². The van der Waals surface area contributed by atoms with E-state index in [2.05, 4.69) is 5.32 Å². The minimum atomic E-state index is -0.236. The normalized spacial score (nSPS) is 20.6. The van der Waals surface area contributed by atoms with Crippen LogP contribution in [0.4, 0.5) is 0 Å². The Morgan fingerprint density at radius 1 is 1.24 bits per heavy atom. The van der Waals surface area contributed by atoms with Crippen molar-refractivity contribution >= 4 is 11.8 Å². The third-order valence-electron chi connectivity index (χ3n) is 4.52. The number of rotatable bonds is 1. The lowest BCUT2D eigenvalue weighted by Crippen LogP contribution is -2.44. The summed E-state index contributed by atoms with van der Waals surface area (Å²) < 4.78 is 0. The number of carbonyl (C=O) groups is 2. The molecule has 3 N–H and O–H groups in total. The highest BCUT2D eigenvalue weighted by atomic mass is 16.3. The molecule has 0 aliphatic carbocycles. The number of phenols is 2. The number of piperidine rings is 1. The van der Waals surface area contributed by atoms with E-state index in [1.165, 1.54) is 12.1 Å². The van der Waals surface area contributed by atoms with Crippen LogP contribution >= 0.6 is 0 Å². The Bertz CT molecular complexity index is 591. The van der Waals surface area contributed by atoms with Gasteiger partial charge in [-0.25, -0.2) is 0 Å². The number of hydrogen-bond acceptors (Lipinski definition) is 4. The molecule has 0 radical (unpaired) electrons. The lowest BCUT2D eigenvalue weighted by molar-refractivity contribution is -0.119. The summed E-state index contributed by atoms with van der Waals surface area (Å²) in [6.07, 6.45) is 2.12. The van der Waals surface area contributed by atoms with Crippen LogP contribution < -0.4 is 5.32 Å². The van der Waals surface area contributed by atoms with E-state index >= 15 is 0 Å². The quantitative estimate of drug-likeness (QED) is 0.715. The molecule has 0 bridgehead atoms. The van der Waals surface area contributed by atoms with Gasteiger partial charge in [-0.2, -0.15) is 0 Å². The maximum atomic E-state index is 12.4. The summed E-state index contributed by atoms with van der Waals surface area (Å²) >= 11 is 0. The highest BCUT2D eigenvalue weighted by molar-refractivity contribution is 5.97. The standard InChI is InChI=1S/C15H18N2O4/c18-10-1-2-11(12(19)7-10)14(21)17-5-3-15(4-6-17)8-13(20)16-9-15/h1-2,7,18-19H,3-6,8-9H2,(H,16,20). The van der Waals surface area contributed by atoms with Crippen LogP contribution in [0.1, 0.15) is 29.6 Å². The summed E-state index contributed by atoms with van der Waals surface area (Å²) in [5.41, 5.74) is 0.189. The molecule has 1 spiro atoms. The molecular formula is C15H18N2O4. The molecule has 1 aromatic rings. The number of hydrogen-bond donors (Lipinski definition) is 3. The van der Waals surface area contributed by atoms with Crippen LogP contribution in [-0.2, 0) is 4.79 Å². The predicted molar refractivity (Wildman–Crippen MR) is 75.0 cm³/mol.